The number of hydrogen-bond acceptors (Lipinski definition) is 7. The minimum Gasteiger partial charge on any atom is -0.385 e. The van der Waals surface area contributed by atoms with Crippen molar-refractivity contribution in [1.29, 1.82) is 0 Å². The summed E-state index contributed by atoms with van der Waals surface area (Å²) < 4.78 is 39.7. The van der Waals surface area contributed by atoms with Gasteiger partial charge < -0.3 is 39.7 Å². The Balaban J connectivity index is 0.949. The number of quaternary nitrogens is 1. The number of anilines is 1. The predicted octanol–water partition coefficient (Wildman–Crippen LogP) is 3.28. The zero-order chi connectivity index (χ0) is 38.6. The molecule has 4 amide bonds. The van der Waals surface area contributed by atoms with E-state index >= 15 is 8.78 Å². The van der Waals surface area contributed by atoms with Gasteiger partial charge in [0.25, 0.3) is 11.8 Å². The molecule has 4 N–H and O–H groups in total. The standard InChI is InChI=1S/C37H42ClF2N9O5/c1-19-24(13-42-48(19)10-11-54-5)21-8-9-23(32(40)31(21)39)29-14-41-34(46(29)2)36(52)43-20-6-7-22(27(38)12-20)35(51)45-33-25-15-47(16-26(25)33)37(53)44-28-17-49(3,4)18-30(28)50/h6-9,12-14,25-26,28,30,33,50H,10-11,15-18H2,1-5H3,(H2-,43,44,45,51,52,53)/p+1/t25-,26+,28-,30-,33+/m1/s1. The summed E-state index contributed by atoms with van der Waals surface area (Å²) in [5, 5.41) is 23.4. The van der Waals surface area contributed by atoms with Gasteiger partial charge in [0.15, 0.2) is 17.5 Å². The molecule has 3 aliphatic rings. The summed E-state index contributed by atoms with van der Waals surface area (Å²) in [4.78, 5) is 45.1. The van der Waals surface area contributed by atoms with Gasteiger partial charge in [0.2, 0.25) is 0 Å². The number of imidazole rings is 1. The fraction of sp³-hybridized carbons (Fsp3) is 0.432. The SMILES string of the molecule is COCCn1ncc(-c2ccc(-c3cnc(C(=O)Nc4ccc(C(=O)N[C@H]5[C@@H]6CN(C(=O)N[C@@H]7C[N+](C)(C)C[C@H]7O)C[C@@H]65)c(Cl)c4)n3C)c(F)c2F)c1C. The molecule has 5 atom stereocenters. The highest BCUT2D eigenvalue weighted by molar-refractivity contribution is 6.34. The molecule has 286 valence electrons. The molecule has 1 saturated carbocycles. The number of nitrogens with one attached hydrogen (secondary N) is 3. The first-order valence-corrected chi connectivity index (χ1v) is 18.0. The van der Waals surface area contributed by atoms with Crippen molar-refractivity contribution < 1.29 is 37.5 Å². The van der Waals surface area contributed by atoms with Gasteiger partial charge in [-0.15, -0.1) is 0 Å². The maximum Gasteiger partial charge on any atom is 0.317 e. The van der Waals surface area contributed by atoms with Crippen molar-refractivity contribution in [1.82, 2.24) is 34.9 Å². The average Bonchev–Trinajstić information content (AvgIpc) is 3.57. The molecule has 2 aromatic carbocycles. The summed E-state index contributed by atoms with van der Waals surface area (Å²) in [7, 11) is 7.12. The Bertz CT molecular complexity index is 2130. The zero-order valence-electron chi connectivity index (χ0n) is 30.6. The number of rotatable bonds is 10. The number of nitrogens with zero attached hydrogens (tertiary/aromatic N) is 6. The lowest BCUT2D eigenvalue weighted by Gasteiger charge is -2.25. The summed E-state index contributed by atoms with van der Waals surface area (Å²) in [5.74, 6) is -2.94. The molecular formula is C37H43ClF2N9O5+. The van der Waals surface area contributed by atoms with Crippen molar-refractivity contribution in [2.75, 3.05) is 59.3 Å². The maximum atomic E-state index is 15.5. The maximum absolute atomic E-state index is 15.5. The molecule has 2 aliphatic heterocycles. The topological polar surface area (TPSA) is 156 Å². The van der Waals surface area contributed by atoms with Gasteiger partial charge in [-0.3, -0.25) is 14.3 Å². The number of benzene rings is 2. The van der Waals surface area contributed by atoms with Crippen LogP contribution in [-0.2, 0) is 18.3 Å². The third-order valence-corrected chi connectivity index (χ3v) is 11.2. The molecule has 14 nitrogen and oxygen atoms in total. The van der Waals surface area contributed by atoms with Crippen molar-refractivity contribution in [3.05, 3.63) is 76.5 Å². The Morgan fingerprint density at radius 2 is 1.70 bits per heavy atom. The van der Waals surface area contributed by atoms with Crippen LogP contribution in [0.5, 0.6) is 0 Å². The molecule has 3 fully saturated rings. The lowest BCUT2D eigenvalue weighted by atomic mass is 10.0. The number of fused-ring (bicyclic) bond motifs is 1. The predicted molar refractivity (Wildman–Crippen MR) is 196 cm³/mol. The van der Waals surface area contributed by atoms with E-state index in [4.69, 9.17) is 16.3 Å². The number of hydrogen-bond donors (Lipinski definition) is 4. The Kier molecular flexibility index (Phi) is 9.97. The van der Waals surface area contributed by atoms with Crippen LogP contribution in [0.4, 0.5) is 19.3 Å². The summed E-state index contributed by atoms with van der Waals surface area (Å²) in [6, 6.07) is 6.80. The van der Waals surface area contributed by atoms with Crippen molar-refractivity contribution in [3.63, 3.8) is 0 Å². The monoisotopic (exact) mass is 766 g/mol. The second-order valence-electron chi connectivity index (χ2n) is 15.0. The van der Waals surface area contributed by atoms with Crippen LogP contribution in [0.3, 0.4) is 0 Å². The first kappa shape index (κ1) is 37.4. The number of ether oxygens (including phenoxy) is 1. The summed E-state index contributed by atoms with van der Waals surface area (Å²) in [6.45, 7) is 4.90. The van der Waals surface area contributed by atoms with Crippen LogP contribution in [0, 0.1) is 30.4 Å². The van der Waals surface area contributed by atoms with E-state index in [1.807, 2.05) is 14.1 Å². The molecule has 1 aliphatic carbocycles. The number of amides is 4. The summed E-state index contributed by atoms with van der Waals surface area (Å²) in [6.07, 6.45) is 2.19. The zero-order valence-corrected chi connectivity index (χ0v) is 31.3. The summed E-state index contributed by atoms with van der Waals surface area (Å²) >= 11 is 6.49. The number of piperidine rings is 1. The minimum atomic E-state index is -1.09. The fourth-order valence-corrected chi connectivity index (χ4v) is 8.06. The van der Waals surface area contributed by atoms with Crippen molar-refractivity contribution in [3.8, 4) is 22.4 Å². The molecule has 2 aromatic heterocycles. The lowest BCUT2D eigenvalue weighted by Crippen LogP contribution is -2.50. The number of likely N-dealkylation sites (N-methyl/N-ethyl adjacent to an activating group) is 1. The highest BCUT2D eigenvalue weighted by atomic mass is 35.5. The van der Waals surface area contributed by atoms with E-state index < -0.39 is 23.6 Å². The molecule has 4 heterocycles. The van der Waals surface area contributed by atoms with Crippen molar-refractivity contribution >= 4 is 35.1 Å². The van der Waals surface area contributed by atoms with Gasteiger partial charge >= 0.3 is 6.03 Å². The third-order valence-electron chi connectivity index (χ3n) is 10.8. The Morgan fingerprint density at radius 1 is 1.00 bits per heavy atom. The number of carbonyl (C=O) groups is 3. The van der Waals surface area contributed by atoms with Crippen LogP contribution < -0.4 is 16.0 Å². The second kappa shape index (κ2) is 14.4. The molecule has 0 spiro atoms. The first-order chi connectivity index (χ1) is 25.7. The van der Waals surface area contributed by atoms with Crippen molar-refractivity contribution in [2.24, 2.45) is 18.9 Å². The molecule has 0 unspecified atom stereocenters. The van der Waals surface area contributed by atoms with Crippen LogP contribution in [0.2, 0.25) is 5.02 Å². The van der Waals surface area contributed by atoms with Gasteiger partial charge in [0.1, 0.15) is 25.2 Å². The normalized spacial score (nSPS) is 22.6. The van der Waals surface area contributed by atoms with E-state index in [9.17, 15) is 19.5 Å². The third kappa shape index (κ3) is 7.06. The number of carbonyl (C=O) groups excluding carboxylic acids is 3. The number of methoxy groups -OCH3 is 1. The van der Waals surface area contributed by atoms with E-state index in [0.29, 0.717) is 60.8 Å². The van der Waals surface area contributed by atoms with E-state index in [-0.39, 0.29) is 69.1 Å². The van der Waals surface area contributed by atoms with E-state index in [2.05, 4.69) is 26.0 Å². The van der Waals surface area contributed by atoms with Crippen LogP contribution in [0.1, 0.15) is 26.7 Å². The molecule has 4 aromatic rings. The number of likely N-dealkylation sites (tertiary alicyclic amines) is 2. The lowest BCUT2D eigenvalue weighted by molar-refractivity contribution is -0.879. The Morgan fingerprint density at radius 3 is 2.37 bits per heavy atom. The molecule has 2 saturated heterocycles. The average molecular weight is 767 g/mol. The van der Waals surface area contributed by atoms with E-state index in [1.165, 1.54) is 54.3 Å². The highest BCUT2D eigenvalue weighted by Gasteiger charge is 2.58. The van der Waals surface area contributed by atoms with Gasteiger partial charge in [-0.05, 0) is 31.2 Å². The van der Waals surface area contributed by atoms with Gasteiger partial charge in [0, 0.05) is 73.2 Å². The number of aromatic nitrogens is 4. The molecule has 7 rings (SSSR count). The van der Waals surface area contributed by atoms with E-state index in [0.717, 1.165) is 0 Å². The minimum absolute atomic E-state index is 0.0584. The van der Waals surface area contributed by atoms with Crippen molar-refractivity contribution in [2.45, 2.75) is 31.7 Å². The second-order valence-corrected chi connectivity index (χ2v) is 15.4. The van der Waals surface area contributed by atoms with Crippen LogP contribution in [-0.4, -0.2) is 124 Å². The molecular weight excluding hydrogens is 724 g/mol. The fourth-order valence-electron chi connectivity index (χ4n) is 7.79. The first-order valence-electron chi connectivity index (χ1n) is 17.7. The van der Waals surface area contributed by atoms with Gasteiger partial charge in [-0.25, -0.2) is 18.6 Å². The van der Waals surface area contributed by atoms with Crippen LogP contribution in [0.25, 0.3) is 22.4 Å². The van der Waals surface area contributed by atoms with Crippen LogP contribution >= 0.6 is 11.6 Å². The van der Waals surface area contributed by atoms with Gasteiger partial charge in [0.05, 0.1) is 55.9 Å². The highest BCUT2D eigenvalue weighted by Crippen LogP contribution is 2.46. The molecule has 54 heavy (non-hydrogen) atoms. The number of urea groups is 1. The largest absolute Gasteiger partial charge is 0.385 e. The molecule has 0 bridgehead atoms. The van der Waals surface area contributed by atoms with Crippen LogP contribution in [0.15, 0.2) is 42.7 Å². The molecule has 17 heteroatoms. The number of aliphatic hydroxyl groups is 1. The number of halogens is 3. The quantitative estimate of drug-likeness (QED) is 0.181. The molecule has 0 radical (unpaired) electrons. The van der Waals surface area contributed by atoms with Gasteiger partial charge in [-0.2, -0.15) is 5.10 Å². The summed E-state index contributed by atoms with van der Waals surface area (Å²) in [5.41, 5.74) is 1.81. The van der Waals surface area contributed by atoms with Gasteiger partial charge in [-0.1, -0.05) is 17.7 Å². The Hall–Kier alpha value is -4.90. The van der Waals surface area contributed by atoms with E-state index in [1.54, 1.807) is 23.6 Å². The smallest absolute Gasteiger partial charge is 0.317 e. The Labute approximate surface area is 315 Å². The number of aliphatic hydroxyl groups excluding tert-OH is 1.